The van der Waals surface area contributed by atoms with E-state index in [2.05, 4.69) is 28.7 Å². The van der Waals surface area contributed by atoms with Gasteiger partial charge in [-0.05, 0) is 57.2 Å². The van der Waals surface area contributed by atoms with Crippen molar-refractivity contribution in [3.05, 3.63) is 67.3 Å². The van der Waals surface area contributed by atoms with Crippen molar-refractivity contribution < 1.29 is 31.8 Å². The lowest BCUT2D eigenvalue weighted by Crippen LogP contribution is -2.31. The minimum Gasteiger partial charge on any atom is -0.490 e. The Balaban J connectivity index is 1.81. The van der Waals surface area contributed by atoms with Crippen molar-refractivity contribution in [2.75, 3.05) is 38.2 Å². The summed E-state index contributed by atoms with van der Waals surface area (Å²) in [6.45, 7) is 14.2. The van der Waals surface area contributed by atoms with Gasteiger partial charge in [0.05, 0.1) is 24.7 Å². The third-order valence-corrected chi connectivity index (χ3v) is 7.07. The molecule has 2 aromatic carbocycles. The maximum atomic E-state index is 12.9. The van der Waals surface area contributed by atoms with Crippen molar-refractivity contribution in [3.63, 3.8) is 0 Å². The van der Waals surface area contributed by atoms with Crippen LogP contribution in [0.3, 0.4) is 0 Å². The van der Waals surface area contributed by atoms with Gasteiger partial charge in [0.2, 0.25) is 21.7 Å². The minimum absolute atomic E-state index is 0.0357. The summed E-state index contributed by atoms with van der Waals surface area (Å²) in [6.07, 6.45) is 2.98. The normalized spacial score (nSPS) is 11.2. The number of nitrogens with zero attached hydrogens (tertiary/aromatic N) is 3. The molecule has 3 aromatic rings. The van der Waals surface area contributed by atoms with Gasteiger partial charge in [0, 0.05) is 24.2 Å². The molecule has 0 aliphatic carbocycles. The monoisotopic (exact) mass is 556 g/mol. The van der Waals surface area contributed by atoms with Gasteiger partial charge in [-0.2, -0.15) is 4.31 Å². The molecule has 1 aromatic heterocycles. The minimum atomic E-state index is -3.79. The lowest BCUT2D eigenvalue weighted by Gasteiger charge is -2.19. The first-order valence-corrected chi connectivity index (χ1v) is 13.8. The van der Waals surface area contributed by atoms with Crippen LogP contribution in [-0.4, -0.2) is 61.7 Å². The highest BCUT2D eigenvalue weighted by Crippen LogP contribution is 2.41. The third-order valence-electron chi connectivity index (χ3n) is 5.22. The predicted octanol–water partition coefficient (Wildman–Crippen LogP) is 4.55. The molecule has 0 unspecified atom stereocenters. The Morgan fingerprint density at radius 2 is 1.51 bits per heavy atom. The summed E-state index contributed by atoms with van der Waals surface area (Å²) in [4.78, 5) is 12.8. The van der Waals surface area contributed by atoms with Crippen molar-refractivity contribution in [1.29, 1.82) is 0 Å². The second kappa shape index (κ2) is 13.6. The fraction of sp³-hybridized carbons (Fsp3) is 0.296. The van der Waals surface area contributed by atoms with Crippen LogP contribution in [0.5, 0.6) is 17.2 Å². The van der Waals surface area contributed by atoms with Crippen LogP contribution >= 0.6 is 0 Å². The van der Waals surface area contributed by atoms with Gasteiger partial charge in [0.1, 0.15) is 0 Å². The van der Waals surface area contributed by atoms with E-state index in [0.29, 0.717) is 42.6 Å². The van der Waals surface area contributed by atoms with Crippen molar-refractivity contribution in [3.8, 4) is 28.7 Å². The standard InChI is InChI=1S/C27H32N4O7S/c1-6-15-31(16-7-2)39(33,34)21-13-11-19(12-14-21)25(32)28-27-30-29-26(38-27)20-17-22(35-8-3)24(37-10-5)23(18-20)36-9-4/h6-7,11-14,17-18H,1-2,8-10,15-16H2,3-5H3,(H,28,30,32). The number of rotatable bonds is 15. The molecule has 0 saturated carbocycles. The summed E-state index contributed by atoms with van der Waals surface area (Å²) in [6, 6.07) is 8.75. The van der Waals surface area contributed by atoms with E-state index in [4.69, 9.17) is 18.6 Å². The van der Waals surface area contributed by atoms with Crippen molar-refractivity contribution in [2.24, 2.45) is 0 Å². The summed E-state index contributed by atoms with van der Waals surface area (Å²) >= 11 is 0. The number of hydrogen-bond acceptors (Lipinski definition) is 9. The number of sulfonamides is 1. The molecule has 1 amide bonds. The van der Waals surface area contributed by atoms with Crippen LogP contribution in [0.25, 0.3) is 11.5 Å². The van der Waals surface area contributed by atoms with E-state index in [0.717, 1.165) is 0 Å². The molecule has 0 aliphatic rings. The number of anilines is 1. The van der Waals surface area contributed by atoms with E-state index in [1.165, 1.54) is 40.7 Å². The zero-order valence-corrected chi connectivity index (χ0v) is 23.0. The number of ether oxygens (including phenoxy) is 3. The Kier molecular flexibility index (Phi) is 10.2. The molecule has 11 nitrogen and oxygen atoms in total. The van der Waals surface area contributed by atoms with Crippen LogP contribution < -0.4 is 19.5 Å². The zero-order chi connectivity index (χ0) is 28.4. The first-order valence-electron chi connectivity index (χ1n) is 12.3. The Bertz CT molecular complexity index is 1360. The molecule has 12 heteroatoms. The highest BCUT2D eigenvalue weighted by Gasteiger charge is 2.23. The Labute approximate surface area is 228 Å². The SMILES string of the molecule is C=CCN(CC=C)S(=O)(=O)c1ccc(C(=O)Nc2nnc(-c3cc(OCC)c(OCC)c(OCC)c3)o2)cc1. The molecule has 0 bridgehead atoms. The quantitative estimate of drug-likeness (QED) is 0.268. The Morgan fingerprint density at radius 3 is 2.03 bits per heavy atom. The molecule has 1 N–H and O–H groups in total. The zero-order valence-electron chi connectivity index (χ0n) is 22.2. The summed E-state index contributed by atoms with van der Waals surface area (Å²) in [7, 11) is -3.79. The maximum Gasteiger partial charge on any atom is 0.322 e. The summed E-state index contributed by atoms with van der Waals surface area (Å²) in [5, 5.41) is 10.5. The molecular weight excluding hydrogens is 524 g/mol. The van der Waals surface area contributed by atoms with Gasteiger partial charge in [-0.3, -0.25) is 10.1 Å². The van der Waals surface area contributed by atoms with Crippen molar-refractivity contribution in [2.45, 2.75) is 25.7 Å². The Morgan fingerprint density at radius 1 is 0.949 bits per heavy atom. The summed E-state index contributed by atoms with van der Waals surface area (Å²) < 4.78 is 49.8. The fourth-order valence-electron chi connectivity index (χ4n) is 3.56. The molecule has 0 saturated heterocycles. The number of carbonyl (C=O) groups is 1. The molecule has 0 spiro atoms. The molecule has 0 atom stereocenters. The van der Waals surface area contributed by atoms with Crippen molar-refractivity contribution in [1.82, 2.24) is 14.5 Å². The van der Waals surface area contributed by atoms with Crippen LogP contribution in [0.1, 0.15) is 31.1 Å². The van der Waals surface area contributed by atoms with Gasteiger partial charge in [0.25, 0.3) is 5.91 Å². The first kappa shape index (κ1) is 29.4. The highest BCUT2D eigenvalue weighted by atomic mass is 32.2. The van der Waals surface area contributed by atoms with Gasteiger partial charge in [0.15, 0.2) is 11.5 Å². The van der Waals surface area contributed by atoms with E-state index in [1.54, 1.807) is 12.1 Å². The van der Waals surface area contributed by atoms with Gasteiger partial charge < -0.3 is 18.6 Å². The van der Waals surface area contributed by atoms with E-state index < -0.39 is 15.9 Å². The largest absolute Gasteiger partial charge is 0.490 e. The molecule has 0 fully saturated rings. The molecule has 208 valence electrons. The summed E-state index contributed by atoms with van der Waals surface area (Å²) in [5.74, 6) is 0.958. The number of aromatic nitrogens is 2. The second-order valence-electron chi connectivity index (χ2n) is 7.89. The molecular formula is C27H32N4O7S. The average molecular weight is 557 g/mol. The van der Waals surface area contributed by atoms with E-state index in [9.17, 15) is 13.2 Å². The molecule has 3 rings (SSSR count). The van der Waals surface area contributed by atoms with Gasteiger partial charge >= 0.3 is 6.01 Å². The van der Waals surface area contributed by atoms with E-state index in [-0.39, 0.29) is 35.5 Å². The lowest BCUT2D eigenvalue weighted by atomic mass is 10.2. The number of nitrogens with one attached hydrogen (secondary N) is 1. The van der Waals surface area contributed by atoms with Crippen LogP contribution in [0.4, 0.5) is 6.01 Å². The van der Waals surface area contributed by atoms with Gasteiger partial charge in [-0.25, -0.2) is 8.42 Å². The smallest absolute Gasteiger partial charge is 0.322 e. The van der Waals surface area contributed by atoms with Crippen LogP contribution in [0, 0.1) is 0 Å². The number of benzene rings is 2. The van der Waals surface area contributed by atoms with Crippen LogP contribution in [0.15, 0.2) is 71.0 Å². The van der Waals surface area contributed by atoms with Crippen LogP contribution in [0.2, 0.25) is 0 Å². The number of hydrogen-bond donors (Lipinski definition) is 1. The molecule has 39 heavy (non-hydrogen) atoms. The number of carbonyl (C=O) groups excluding carboxylic acids is 1. The average Bonchev–Trinajstić information content (AvgIpc) is 3.39. The molecule has 1 heterocycles. The predicted molar refractivity (Wildman–Crippen MR) is 147 cm³/mol. The lowest BCUT2D eigenvalue weighted by molar-refractivity contribution is 0.102. The fourth-order valence-corrected chi connectivity index (χ4v) is 4.94. The van der Waals surface area contributed by atoms with Gasteiger partial charge in [-0.15, -0.1) is 18.3 Å². The second-order valence-corrected chi connectivity index (χ2v) is 9.83. The third kappa shape index (κ3) is 7.03. The van der Waals surface area contributed by atoms with Crippen molar-refractivity contribution >= 4 is 21.9 Å². The highest BCUT2D eigenvalue weighted by molar-refractivity contribution is 7.89. The van der Waals surface area contributed by atoms with E-state index in [1.807, 2.05) is 20.8 Å². The van der Waals surface area contributed by atoms with E-state index >= 15 is 0 Å². The van der Waals surface area contributed by atoms with Gasteiger partial charge in [-0.1, -0.05) is 17.3 Å². The topological polar surface area (TPSA) is 133 Å². The first-order chi connectivity index (χ1) is 18.8. The summed E-state index contributed by atoms with van der Waals surface area (Å²) in [5.41, 5.74) is 0.711. The van der Waals surface area contributed by atoms with Crippen LogP contribution in [-0.2, 0) is 10.0 Å². The Hall–Kier alpha value is -4.16. The number of amides is 1. The maximum absolute atomic E-state index is 12.9. The molecule has 0 radical (unpaired) electrons. The molecule has 0 aliphatic heterocycles.